The number of carbonyl (C=O) groups excluding carboxylic acids is 3. The molecular weight excluding hydrogens is 577 g/mol. The normalized spacial score (nSPS) is 16.6. The minimum Gasteiger partial charge on any atom is -0.496 e. The first-order valence-electron chi connectivity index (χ1n) is 15.1. The van der Waals surface area contributed by atoms with Crippen LogP contribution in [0.2, 0.25) is 0 Å². The van der Waals surface area contributed by atoms with Crippen LogP contribution < -0.4 is 4.74 Å². The average Bonchev–Trinajstić information content (AvgIpc) is 3.85. The number of H-pyrrole nitrogens is 1. The van der Waals surface area contributed by atoms with E-state index in [-0.39, 0.29) is 49.4 Å². The fourth-order valence-corrected chi connectivity index (χ4v) is 6.24. The van der Waals surface area contributed by atoms with Crippen LogP contribution in [0, 0.1) is 5.82 Å². The minimum atomic E-state index is -0.485. The molecule has 236 valence electrons. The number of hydrogen-bond acceptors (Lipinski definition) is 6. The van der Waals surface area contributed by atoms with Crippen molar-refractivity contribution in [2.24, 2.45) is 0 Å². The van der Waals surface area contributed by atoms with Gasteiger partial charge in [0.1, 0.15) is 11.4 Å². The SMILES string of the molecule is COc1ccccc1-c1cc(C2=CCCN(C(=O)CCn3ccnn3)C2)c(F)c2[nH]c(C(=O)N3CC[C@@H](N(C)C(C)=O)C3)cc12.[HH]. The minimum absolute atomic E-state index is 0. The third-order valence-electron chi connectivity index (χ3n) is 8.85. The van der Waals surface area contributed by atoms with Gasteiger partial charge in [-0.15, -0.1) is 5.10 Å². The van der Waals surface area contributed by atoms with Crippen molar-refractivity contribution in [1.82, 2.24) is 34.7 Å². The zero-order chi connectivity index (χ0) is 31.7. The molecule has 4 heterocycles. The molecule has 0 spiro atoms. The zero-order valence-corrected chi connectivity index (χ0v) is 25.6. The topological polar surface area (TPSA) is 117 Å². The summed E-state index contributed by atoms with van der Waals surface area (Å²) < 4.78 is 23.8. The Morgan fingerprint density at radius 3 is 2.71 bits per heavy atom. The Kier molecular flexibility index (Phi) is 8.38. The molecule has 11 nitrogen and oxygen atoms in total. The number of nitrogens with one attached hydrogen (secondary N) is 1. The summed E-state index contributed by atoms with van der Waals surface area (Å²) in [5.41, 5.74) is 3.01. The molecule has 1 N–H and O–H groups in total. The lowest BCUT2D eigenvalue weighted by atomic mass is 9.93. The van der Waals surface area contributed by atoms with Gasteiger partial charge in [0.15, 0.2) is 5.82 Å². The summed E-state index contributed by atoms with van der Waals surface area (Å²) >= 11 is 0. The number of aromatic nitrogens is 4. The molecule has 2 aromatic carbocycles. The van der Waals surface area contributed by atoms with Gasteiger partial charge in [0.2, 0.25) is 11.8 Å². The third kappa shape index (κ3) is 5.92. The molecule has 2 aromatic heterocycles. The highest BCUT2D eigenvalue weighted by atomic mass is 19.1. The maximum atomic E-state index is 16.5. The molecule has 0 unspecified atom stereocenters. The molecule has 12 heteroatoms. The van der Waals surface area contributed by atoms with E-state index in [0.29, 0.717) is 66.9 Å². The van der Waals surface area contributed by atoms with Gasteiger partial charge in [-0.3, -0.25) is 19.1 Å². The number of benzene rings is 2. The summed E-state index contributed by atoms with van der Waals surface area (Å²) in [4.78, 5) is 46.8. The van der Waals surface area contributed by atoms with E-state index in [2.05, 4.69) is 15.3 Å². The lowest BCUT2D eigenvalue weighted by Gasteiger charge is -2.28. The predicted octanol–water partition coefficient (Wildman–Crippen LogP) is 4.22. The number of likely N-dealkylation sites (N-methyl/N-ethyl adjacent to an activating group) is 1. The van der Waals surface area contributed by atoms with Gasteiger partial charge in [-0.05, 0) is 42.2 Å². The molecule has 0 radical (unpaired) electrons. The van der Waals surface area contributed by atoms with Crippen LogP contribution in [-0.4, -0.2) is 98.8 Å². The van der Waals surface area contributed by atoms with E-state index in [4.69, 9.17) is 4.74 Å². The van der Waals surface area contributed by atoms with Crippen LogP contribution in [0.15, 0.2) is 54.9 Å². The predicted molar refractivity (Wildman–Crippen MR) is 169 cm³/mol. The van der Waals surface area contributed by atoms with Gasteiger partial charge in [-0.25, -0.2) is 4.39 Å². The summed E-state index contributed by atoms with van der Waals surface area (Å²) in [5, 5.41) is 8.26. The third-order valence-corrected chi connectivity index (χ3v) is 8.85. The summed E-state index contributed by atoms with van der Waals surface area (Å²) in [6.07, 6.45) is 6.77. The first-order valence-corrected chi connectivity index (χ1v) is 15.1. The number of aromatic amines is 1. The Balaban J connectivity index is 0.00000417. The first kappa shape index (κ1) is 30.0. The Labute approximate surface area is 261 Å². The molecule has 0 aliphatic carbocycles. The number of amides is 3. The molecule has 45 heavy (non-hydrogen) atoms. The largest absolute Gasteiger partial charge is 0.496 e. The van der Waals surface area contributed by atoms with Crippen molar-refractivity contribution in [3.63, 3.8) is 0 Å². The molecule has 2 aliphatic rings. The molecule has 4 aromatic rings. The highest BCUT2D eigenvalue weighted by Crippen LogP contribution is 2.40. The smallest absolute Gasteiger partial charge is 0.270 e. The van der Waals surface area contributed by atoms with Crippen molar-refractivity contribution in [2.75, 3.05) is 40.3 Å². The molecule has 1 atom stereocenters. The second-order valence-corrected chi connectivity index (χ2v) is 11.5. The summed E-state index contributed by atoms with van der Waals surface area (Å²) in [7, 11) is 3.33. The van der Waals surface area contributed by atoms with Gasteiger partial charge in [0, 0.05) is 70.7 Å². The maximum absolute atomic E-state index is 16.5. The quantitative estimate of drug-likeness (QED) is 0.317. The van der Waals surface area contributed by atoms with Crippen LogP contribution >= 0.6 is 0 Å². The van der Waals surface area contributed by atoms with Crippen LogP contribution in [-0.2, 0) is 16.1 Å². The van der Waals surface area contributed by atoms with Crippen molar-refractivity contribution in [2.45, 2.75) is 38.8 Å². The van der Waals surface area contributed by atoms with Gasteiger partial charge in [0.25, 0.3) is 5.91 Å². The molecule has 6 rings (SSSR count). The van der Waals surface area contributed by atoms with E-state index < -0.39 is 5.82 Å². The highest BCUT2D eigenvalue weighted by molar-refractivity contribution is 6.05. The molecule has 1 fully saturated rings. The number of aryl methyl sites for hydroxylation is 1. The van der Waals surface area contributed by atoms with Gasteiger partial charge in [0.05, 0.1) is 31.4 Å². The van der Waals surface area contributed by atoms with E-state index in [0.717, 1.165) is 5.56 Å². The number of rotatable bonds is 8. The van der Waals surface area contributed by atoms with Crippen LogP contribution in [0.5, 0.6) is 5.75 Å². The number of carbonyl (C=O) groups is 3. The van der Waals surface area contributed by atoms with E-state index in [1.54, 1.807) is 58.1 Å². The molecule has 1 saturated heterocycles. The number of methoxy groups -OCH3 is 1. The number of likely N-dealkylation sites (tertiary alicyclic amines) is 1. The zero-order valence-electron chi connectivity index (χ0n) is 25.6. The Bertz CT molecular complexity index is 1790. The molecule has 0 saturated carbocycles. The van der Waals surface area contributed by atoms with Crippen molar-refractivity contribution in [1.29, 1.82) is 0 Å². The van der Waals surface area contributed by atoms with Gasteiger partial charge >= 0.3 is 0 Å². The van der Waals surface area contributed by atoms with Crippen molar-refractivity contribution >= 4 is 34.2 Å². The Morgan fingerprint density at radius 1 is 1.13 bits per heavy atom. The number of para-hydroxylation sites is 1. The van der Waals surface area contributed by atoms with Crippen molar-refractivity contribution in [3.8, 4) is 16.9 Å². The lowest BCUT2D eigenvalue weighted by molar-refractivity contribution is -0.131. The summed E-state index contributed by atoms with van der Waals surface area (Å²) in [5.74, 6) is -0.221. The molecule has 3 amide bonds. The van der Waals surface area contributed by atoms with Crippen molar-refractivity contribution in [3.05, 3.63) is 71.9 Å². The van der Waals surface area contributed by atoms with E-state index in [1.165, 1.54) is 6.92 Å². The van der Waals surface area contributed by atoms with Crippen LogP contribution in [0.4, 0.5) is 4.39 Å². The van der Waals surface area contributed by atoms with Crippen LogP contribution in [0.25, 0.3) is 27.6 Å². The van der Waals surface area contributed by atoms with Crippen LogP contribution in [0.3, 0.4) is 0 Å². The first-order chi connectivity index (χ1) is 21.7. The molecule has 0 bridgehead atoms. The maximum Gasteiger partial charge on any atom is 0.270 e. The lowest BCUT2D eigenvalue weighted by Crippen LogP contribution is -2.39. The van der Waals surface area contributed by atoms with Gasteiger partial charge in [-0.1, -0.05) is 29.5 Å². The van der Waals surface area contributed by atoms with E-state index in [9.17, 15) is 14.4 Å². The summed E-state index contributed by atoms with van der Waals surface area (Å²) in [6, 6.07) is 10.9. The van der Waals surface area contributed by atoms with Crippen LogP contribution in [0.1, 0.15) is 43.7 Å². The van der Waals surface area contributed by atoms with E-state index in [1.807, 2.05) is 30.3 Å². The van der Waals surface area contributed by atoms with Gasteiger partial charge < -0.3 is 24.4 Å². The number of ether oxygens (including phenoxy) is 1. The summed E-state index contributed by atoms with van der Waals surface area (Å²) in [6.45, 7) is 3.63. The average molecular weight is 616 g/mol. The number of fused-ring (bicyclic) bond motifs is 1. The highest BCUT2D eigenvalue weighted by Gasteiger charge is 2.32. The number of hydrogen-bond donors (Lipinski definition) is 1. The fraction of sp³-hybridized carbons (Fsp3) is 0.364. The molecule has 2 aliphatic heterocycles. The number of halogens is 1. The molecular formula is C33H38FN7O4. The second kappa shape index (κ2) is 12.5. The number of nitrogens with zero attached hydrogens (tertiary/aromatic N) is 6. The van der Waals surface area contributed by atoms with E-state index >= 15 is 4.39 Å². The Morgan fingerprint density at radius 2 is 1.96 bits per heavy atom. The monoisotopic (exact) mass is 615 g/mol. The second-order valence-electron chi connectivity index (χ2n) is 11.5. The van der Waals surface area contributed by atoms with Gasteiger partial charge in [-0.2, -0.15) is 0 Å². The van der Waals surface area contributed by atoms with Crippen molar-refractivity contribution < 1.29 is 24.9 Å². The standard InChI is InChI=1S/C33H36FN7O4.H2/c1-21(42)38(2)23-10-14-40(20-23)33(44)28-18-27-26(24-8-4-5-9-29(24)45-3)17-25(31(34)32(27)36-28)22-7-6-13-39(19-22)30(43)11-15-41-16-12-35-37-41;/h4-5,7-9,12,16-18,23,36H,6,10-11,13-15,19-20H2,1-3H3;1H/t23-;/m1./s1. The fourth-order valence-electron chi connectivity index (χ4n) is 6.24. The Hall–Kier alpha value is -5.00.